The Morgan fingerprint density at radius 1 is 1.64 bits per heavy atom. The molecule has 0 fully saturated rings. The van der Waals surface area contributed by atoms with Gasteiger partial charge in [0.2, 0.25) is 0 Å². The van der Waals surface area contributed by atoms with E-state index in [1.165, 1.54) is 0 Å². The molecule has 0 spiro atoms. The Morgan fingerprint density at radius 3 is 2.55 bits per heavy atom. The van der Waals surface area contributed by atoms with Crippen molar-refractivity contribution in [2.24, 2.45) is 5.92 Å². The van der Waals surface area contributed by atoms with Gasteiger partial charge in [-0.05, 0) is 20.3 Å². The highest BCUT2D eigenvalue weighted by Crippen LogP contribution is 2.10. The average Bonchev–Trinajstić information content (AvgIpc) is 1.86. The molecule has 0 heterocycles. The summed E-state index contributed by atoms with van der Waals surface area (Å²) in [6, 6.07) is 0. The normalized spacial score (nSPS) is 12.3. The Morgan fingerprint density at radius 2 is 2.18 bits per heavy atom. The molecule has 0 aliphatic carbocycles. The van der Waals surface area contributed by atoms with E-state index in [-0.39, 0.29) is 11.9 Å². The van der Waals surface area contributed by atoms with Crippen LogP contribution in [0.3, 0.4) is 0 Å². The molecule has 0 aromatic carbocycles. The first kappa shape index (κ1) is 10.2. The smallest absolute Gasteiger partial charge is 0.308 e. The molecular formula is C9H16O2. The molecule has 0 N–H and O–H groups in total. The van der Waals surface area contributed by atoms with Gasteiger partial charge >= 0.3 is 5.97 Å². The van der Waals surface area contributed by atoms with Gasteiger partial charge in [-0.2, -0.15) is 0 Å². The van der Waals surface area contributed by atoms with Crippen LogP contribution in [-0.2, 0) is 9.53 Å². The third-order valence-corrected chi connectivity index (χ3v) is 1.34. The third kappa shape index (κ3) is 4.59. The summed E-state index contributed by atoms with van der Waals surface area (Å²) in [4.78, 5) is 11.0. The van der Waals surface area contributed by atoms with Crippen molar-refractivity contribution >= 4 is 5.97 Å². The minimum absolute atomic E-state index is 0.0487. The molecule has 0 saturated carbocycles. The van der Waals surface area contributed by atoms with E-state index in [2.05, 4.69) is 6.58 Å². The van der Waals surface area contributed by atoms with Crippen LogP contribution in [-0.4, -0.2) is 12.6 Å². The first-order chi connectivity index (χ1) is 5.07. The van der Waals surface area contributed by atoms with Crippen LogP contribution in [0.2, 0.25) is 0 Å². The van der Waals surface area contributed by atoms with Gasteiger partial charge < -0.3 is 4.74 Å². The second kappa shape index (κ2) is 4.94. The number of rotatable bonds is 4. The highest BCUT2D eigenvalue weighted by Gasteiger charge is 2.12. The maximum atomic E-state index is 11.0. The molecule has 0 aliphatic rings. The average molecular weight is 156 g/mol. The van der Waals surface area contributed by atoms with Crippen molar-refractivity contribution in [2.45, 2.75) is 27.2 Å². The lowest BCUT2D eigenvalue weighted by Gasteiger charge is -2.09. The van der Waals surface area contributed by atoms with Crippen molar-refractivity contribution in [1.29, 1.82) is 0 Å². The van der Waals surface area contributed by atoms with Gasteiger partial charge in [-0.3, -0.25) is 4.79 Å². The Kier molecular flexibility index (Phi) is 4.59. The summed E-state index contributed by atoms with van der Waals surface area (Å²) in [5.41, 5.74) is 1.02. The summed E-state index contributed by atoms with van der Waals surface area (Å²) in [5.74, 6) is -0.178. The van der Waals surface area contributed by atoms with E-state index in [9.17, 15) is 4.79 Å². The lowest BCUT2D eigenvalue weighted by molar-refractivity contribution is -0.147. The largest absolute Gasteiger partial charge is 0.466 e. The van der Waals surface area contributed by atoms with E-state index in [0.717, 1.165) is 12.0 Å². The second-order valence-electron chi connectivity index (χ2n) is 2.81. The topological polar surface area (TPSA) is 26.3 Å². The lowest BCUT2D eigenvalue weighted by Crippen LogP contribution is -2.14. The lowest BCUT2D eigenvalue weighted by atomic mass is 10.0. The quantitative estimate of drug-likeness (QED) is 0.460. The number of hydrogen-bond donors (Lipinski definition) is 0. The Bertz CT molecular complexity index is 150. The fourth-order valence-electron chi connectivity index (χ4n) is 0.891. The number of carbonyl (C=O) groups excluding carboxylic acids is 1. The van der Waals surface area contributed by atoms with Gasteiger partial charge in [0.05, 0.1) is 12.5 Å². The van der Waals surface area contributed by atoms with E-state index in [1.54, 1.807) is 0 Å². The summed E-state index contributed by atoms with van der Waals surface area (Å²) >= 11 is 0. The van der Waals surface area contributed by atoms with Gasteiger partial charge in [0.25, 0.3) is 0 Å². The Labute approximate surface area is 68.2 Å². The van der Waals surface area contributed by atoms with E-state index < -0.39 is 0 Å². The van der Waals surface area contributed by atoms with Gasteiger partial charge in [-0.15, -0.1) is 6.58 Å². The van der Waals surface area contributed by atoms with Crippen LogP contribution >= 0.6 is 0 Å². The molecule has 64 valence electrons. The molecule has 0 saturated heterocycles. The molecule has 0 aromatic rings. The molecule has 0 radical (unpaired) electrons. The van der Waals surface area contributed by atoms with Crippen molar-refractivity contribution in [3.05, 3.63) is 12.2 Å². The molecule has 1 atom stereocenters. The SMILES string of the molecule is C=C(C)CC(C)C(=O)OCC. The predicted molar refractivity (Wildman–Crippen MR) is 45.2 cm³/mol. The van der Waals surface area contributed by atoms with Crippen molar-refractivity contribution in [1.82, 2.24) is 0 Å². The number of hydrogen-bond acceptors (Lipinski definition) is 2. The predicted octanol–water partition coefficient (Wildman–Crippen LogP) is 2.15. The van der Waals surface area contributed by atoms with Crippen LogP contribution in [0.4, 0.5) is 0 Å². The molecular weight excluding hydrogens is 140 g/mol. The highest BCUT2D eigenvalue weighted by atomic mass is 16.5. The number of ether oxygens (including phenoxy) is 1. The molecule has 2 nitrogen and oxygen atoms in total. The Hall–Kier alpha value is -0.790. The maximum absolute atomic E-state index is 11.0. The third-order valence-electron chi connectivity index (χ3n) is 1.34. The van der Waals surface area contributed by atoms with Crippen molar-refractivity contribution in [3.8, 4) is 0 Å². The van der Waals surface area contributed by atoms with Crippen LogP contribution < -0.4 is 0 Å². The van der Waals surface area contributed by atoms with Gasteiger partial charge in [-0.1, -0.05) is 12.5 Å². The van der Waals surface area contributed by atoms with Gasteiger partial charge in [0.1, 0.15) is 0 Å². The summed E-state index contributed by atoms with van der Waals surface area (Å²) in [6.07, 6.45) is 0.721. The van der Waals surface area contributed by atoms with Crippen molar-refractivity contribution in [2.75, 3.05) is 6.61 Å². The standard InChI is InChI=1S/C9H16O2/c1-5-11-9(10)8(4)6-7(2)3/h8H,2,5-6H2,1,3-4H3. The number of carbonyl (C=O) groups is 1. The highest BCUT2D eigenvalue weighted by molar-refractivity contribution is 5.72. The Balaban J connectivity index is 3.73. The molecule has 1 unspecified atom stereocenters. The van der Waals surface area contributed by atoms with Crippen LogP contribution in [0.5, 0.6) is 0 Å². The number of allylic oxidation sites excluding steroid dienone is 1. The molecule has 0 amide bonds. The van der Waals surface area contributed by atoms with E-state index in [1.807, 2.05) is 20.8 Å². The molecule has 0 rings (SSSR count). The molecule has 11 heavy (non-hydrogen) atoms. The van der Waals surface area contributed by atoms with E-state index in [4.69, 9.17) is 4.74 Å². The molecule has 0 bridgehead atoms. The van der Waals surface area contributed by atoms with E-state index >= 15 is 0 Å². The summed E-state index contributed by atoms with van der Waals surface area (Å²) in [5, 5.41) is 0. The van der Waals surface area contributed by atoms with Crippen molar-refractivity contribution in [3.63, 3.8) is 0 Å². The molecule has 2 heteroatoms. The first-order valence-corrected chi connectivity index (χ1v) is 3.89. The fourth-order valence-corrected chi connectivity index (χ4v) is 0.891. The van der Waals surface area contributed by atoms with Crippen LogP contribution in [0, 0.1) is 5.92 Å². The van der Waals surface area contributed by atoms with Gasteiger partial charge in [0, 0.05) is 0 Å². The molecule has 0 aromatic heterocycles. The zero-order valence-corrected chi connectivity index (χ0v) is 7.52. The fraction of sp³-hybridized carbons (Fsp3) is 0.667. The zero-order valence-electron chi connectivity index (χ0n) is 7.52. The zero-order chi connectivity index (χ0) is 8.85. The summed E-state index contributed by atoms with van der Waals surface area (Å²) in [6.45, 7) is 9.76. The summed E-state index contributed by atoms with van der Waals surface area (Å²) < 4.78 is 4.82. The summed E-state index contributed by atoms with van der Waals surface area (Å²) in [7, 11) is 0. The monoisotopic (exact) mass is 156 g/mol. The first-order valence-electron chi connectivity index (χ1n) is 3.89. The van der Waals surface area contributed by atoms with Gasteiger partial charge in [0.15, 0.2) is 0 Å². The van der Waals surface area contributed by atoms with Crippen LogP contribution in [0.1, 0.15) is 27.2 Å². The maximum Gasteiger partial charge on any atom is 0.308 e. The molecule has 0 aliphatic heterocycles. The van der Waals surface area contributed by atoms with Crippen LogP contribution in [0.15, 0.2) is 12.2 Å². The minimum Gasteiger partial charge on any atom is -0.466 e. The van der Waals surface area contributed by atoms with Crippen LogP contribution in [0.25, 0.3) is 0 Å². The van der Waals surface area contributed by atoms with Crippen molar-refractivity contribution < 1.29 is 9.53 Å². The van der Waals surface area contributed by atoms with E-state index in [0.29, 0.717) is 6.61 Å². The second-order valence-corrected chi connectivity index (χ2v) is 2.81. The van der Waals surface area contributed by atoms with Gasteiger partial charge in [-0.25, -0.2) is 0 Å². The minimum atomic E-state index is -0.129. The number of esters is 1.